The predicted molar refractivity (Wildman–Crippen MR) is 117 cm³/mol. The first kappa shape index (κ1) is 22.8. The number of quaternary nitrogens is 1. The highest BCUT2D eigenvalue weighted by Crippen LogP contribution is 2.04. The van der Waals surface area contributed by atoms with Crippen LogP contribution < -0.4 is 10.2 Å². The van der Waals surface area contributed by atoms with Gasteiger partial charge in [0, 0.05) is 38.7 Å². The first-order valence-electron chi connectivity index (χ1n) is 10.9. The maximum atomic E-state index is 13.0. The first-order chi connectivity index (χ1) is 15.1. The number of benzene rings is 1. The number of carbonyl (C=O) groups excluding carboxylic acids is 2. The van der Waals surface area contributed by atoms with Gasteiger partial charge in [-0.05, 0) is 12.5 Å². The van der Waals surface area contributed by atoms with Crippen LogP contribution >= 0.6 is 0 Å². The number of morpholine rings is 1. The van der Waals surface area contributed by atoms with Crippen molar-refractivity contribution in [2.75, 3.05) is 45.9 Å². The second-order valence-corrected chi connectivity index (χ2v) is 7.81. The van der Waals surface area contributed by atoms with Crippen LogP contribution in [0.5, 0.6) is 0 Å². The maximum absolute atomic E-state index is 13.0. The summed E-state index contributed by atoms with van der Waals surface area (Å²) in [5.74, 6) is -0.254. The molecule has 2 aromatic rings. The van der Waals surface area contributed by atoms with Crippen molar-refractivity contribution in [3.8, 4) is 0 Å². The van der Waals surface area contributed by atoms with Crippen LogP contribution in [0.3, 0.4) is 0 Å². The topological polar surface area (TPSA) is 88.9 Å². The highest BCUT2D eigenvalue weighted by Gasteiger charge is 2.20. The van der Waals surface area contributed by atoms with Gasteiger partial charge in [-0.3, -0.25) is 14.6 Å². The predicted octanol–water partition coefficient (Wildman–Crippen LogP) is 0.239. The summed E-state index contributed by atoms with van der Waals surface area (Å²) in [4.78, 5) is 37.0. The number of nitrogens with one attached hydrogen (secondary N) is 2. The van der Waals surface area contributed by atoms with Crippen LogP contribution in [-0.2, 0) is 16.1 Å². The van der Waals surface area contributed by atoms with Crippen molar-refractivity contribution >= 4 is 11.8 Å². The molecule has 2 amide bonds. The fourth-order valence-corrected chi connectivity index (χ4v) is 3.53. The lowest BCUT2D eigenvalue weighted by Gasteiger charge is -2.26. The van der Waals surface area contributed by atoms with Crippen LogP contribution in [0.25, 0.3) is 0 Å². The number of ether oxygens (including phenoxy) is 1. The minimum atomic E-state index is -0.180. The van der Waals surface area contributed by atoms with Gasteiger partial charge >= 0.3 is 0 Å². The fourth-order valence-electron chi connectivity index (χ4n) is 3.53. The largest absolute Gasteiger partial charge is 0.370 e. The van der Waals surface area contributed by atoms with Crippen molar-refractivity contribution in [2.45, 2.75) is 26.3 Å². The summed E-state index contributed by atoms with van der Waals surface area (Å²) >= 11 is 0. The zero-order chi connectivity index (χ0) is 21.9. The molecule has 0 spiro atoms. The molecule has 2 heterocycles. The van der Waals surface area contributed by atoms with Crippen LogP contribution in [0.2, 0.25) is 0 Å². The van der Waals surface area contributed by atoms with Gasteiger partial charge in [-0.2, -0.15) is 0 Å². The molecule has 1 aromatic carbocycles. The van der Waals surface area contributed by atoms with E-state index >= 15 is 0 Å². The number of aryl methyl sites for hydroxylation is 1. The Morgan fingerprint density at radius 2 is 1.87 bits per heavy atom. The van der Waals surface area contributed by atoms with E-state index in [0.29, 0.717) is 25.3 Å². The van der Waals surface area contributed by atoms with E-state index in [4.69, 9.17) is 4.74 Å². The summed E-state index contributed by atoms with van der Waals surface area (Å²) in [6.45, 7) is 7.82. The van der Waals surface area contributed by atoms with Crippen molar-refractivity contribution in [1.82, 2.24) is 20.2 Å². The van der Waals surface area contributed by atoms with E-state index in [2.05, 4.69) is 15.3 Å². The van der Waals surface area contributed by atoms with Gasteiger partial charge in [0.1, 0.15) is 18.8 Å². The van der Waals surface area contributed by atoms with Gasteiger partial charge in [-0.1, -0.05) is 30.3 Å². The molecular weight excluding hydrogens is 394 g/mol. The summed E-state index contributed by atoms with van der Waals surface area (Å²) in [6, 6.07) is 9.78. The Kier molecular flexibility index (Phi) is 8.93. The maximum Gasteiger partial charge on any atom is 0.274 e. The average Bonchev–Trinajstić information content (AvgIpc) is 2.81. The summed E-state index contributed by atoms with van der Waals surface area (Å²) in [6.07, 6.45) is 4.22. The van der Waals surface area contributed by atoms with E-state index in [9.17, 15) is 9.59 Å². The van der Waals surface area contributed by atoms with E-state index in [1.54, 1.807) is 11.1 Å². The van der Waals surface area contributed by atoms with Crippen LogP contribution in [0.4, 0.5) is 0 Å². The van der Waals surface area contributed by atoms with Crippen LogP contribution in [0.1, 0.15) is 34.6 Å². The second-order valence-electron chi connectivity index (χ2n) is 7.81. The van der Waals surface area contributed by atoms with E-state index in [-0.39, 0.29) is 18.2 Å². The monoisotopic (exact) mass is 426 g/mol. The summed E-state index contributed by atoms with van der Waals surface area (Å²) in [5, 5.41) is 2.93. The standard InChI is InChI=1S/C23H31N5O3/c1-19-16-25-21(18-24-19)23(30)28(10-5-9-27-12-14-31-15-13-27)11-8-22(29)26-17-20-6-3-2-4-7-20/h2-4,6-7,16,18H,5,8-15,17H2,1H3,(H,26,29)/p+1. The number of hydrogen-bond acceptors (Lipinski definition) is 5. The smallest absolute Gasteiger partial charge is 0.274 e. The van der Waals surface area contributed by atoms with Crippen molar-refractivity contribution in [1.29, 1.82) is 0 Å². The fraction of sp³-hybridized carbons (Fsp3) is 0.478. The van der Waals surface area contributed by atoms with Gasteiger partial charge < -0.3 is 19.9 Å². The van der Waals surface area contributed by atoms with Crippen molar-refractivity contribution in [2.24, 2.45) is 0 Å². The summed E-state index contributed by atoms with van der Waals surface area (Å²) in [7, 11) is 0. The molecule has 1 saturated heterocycles. The molecule has 1 aliphatic rings. The molecule has 0 saturated carbocycles. The summed E-state index contributed by atoms with van der Waals surface area (Å²) in [5.41, 5.74) is 2.13. The third kappa shape index (κ3) is 7.73. The minimum absolute atomic E-state index is 0.0737. The Hall–Kier alpha value is -2.84. The lowest BCUT2D eigenvalue weighted by atomic mass is 10.2. The first-order valence-corrected chi connectivity index (χ1v) is 10.9. The normalized spacial score (nSPS) is 14.2. The Morgan fingerprint density at radius 1 is 1.10 bits per heavy atom. The van der Waals surface area contributed by atoms with Gasteiger partial charge in [-0.15, -0.1) is 0 Å². The second kappa shape index (κ2) is 12.1. The Bertz CT molecular complexity index is 823. The molecule has 1 fully saturated rings. The number of rotatable bonds is 10. The third-order valence-electron chi connectivity index (χ3n) is 5.39. The molecule has 1 aliphatic heterocycles. The molecule has 166 valence electrons. The van der Waals surface area contributed by atoms with Gasteiger partial charge in [-0.25, -0.2) is 4.98 Å². The molecule has 0 unspecified atom stereocenters. The molecule has 0 radical (unpaired) electrons. The molecular formula is C23H32N5O3+. The number of carbonyl (C=O) groups is 2. The highest BCUT2D eigenvalue weighted by atomic mass is 16.5. The third-order valence-corrected chi connectivity index (χ3v) is 5.39. The van der Waals surface area contributed by atoms with Gasteiger partial charge in [0.15, 0.2) is 0 Å². The molecule has 8 heteroatoms. The van der Waals surface area contributed by atoms with E-state index in [1.807, 2.05) is 37.3 Å². The van der Waals surface area contributed by atoms with Crippen LogP contribution in [-0.4, -0.2) is 72.6 Å². The highest BCUT2D eigenvalue weighted by molar-refractivity contribution is 5.92. The zero-order valence-corrected chi connectivity index (χ0v) is 18.2. The Morgan fingerprint density at radius 3 is 2.58 bits per heavy atom. The average molecular weight is 427 g/mol. The number of aromatic nitrogens is 2. The molecule has 8 nitrogen and oxygen atoms in total. The molecule has 1 aromatic heterocycles. The summed E-state index contributed by atoms with van der Waals surface area (Å²) < 4.78 is 5.41. The van der Waals surface area contributed by atoms with E-state index in [0.717, 1.165) is 50.5 Å². The van der Waals surface area contributed by atoms with Crippen molar-refractivity contribution in [3.05, 3.63) is 59.7 Å². The molecule has 0 atom stereocenters. The lowest BCUT2D eigenvalue weighted by Crippen LogP contribution is -3.14. The molecule has 31 heavy (non-hydrogen) atoms. The SMILES string of the molecule is Cc1cnc(C(=O)N(CCC[NH+]2CCOCC2)CCC(=O)NCc2ccccc2)cn1. The molecule has 0 bridgehead atoms. The van der Waals surface area contributed by atoms with E-state index in [1.165, 1.54) is 11.1 Å². The quantitative estimate of drug-likeness (QED) is 0.568. The number of hydrogen-bond donors (Lipinski definition) is 2. The zero-order valence-electron chi connectivity index (χ0n) is 18.2. The molecule has 0 aliphatic carbocycles. The molecule has 3 rings (SSSR count). The van der Waals surface area contributed by atoms with Crippen LogP contribution in [0, 0.1) is 6.92 Å². The minimum Gasteiger partial charge on any atom is -0.370 e. The number of nitrogens with zero attached hydrogens (tertiary/aromatic N) is 3. The van der Waals surface area contributed by atoms with Crippen LogP contribution in [0.15, 0.2) is 42.7 Å². The Balaban J connectivity index is 1.52. The van der Waals surface area contributed by atoms with Gasteiger partial charge in [0.25, 0.3) is 5.91 Å². The Labute approximate surface area is 183 Å². The molecule has 2 N–H and O–H groups in total. The van der Waals surface area contributed by atoms with Gasteiger partial charge in [0.2, 0.25) is 5.91 Å². The van der Waals surface area contributed by atoms with E-state index < -0.39 is 0 Å². The number of amides is 2. The van der Waals surface area contributed by atoms with Crippen molar-refractivity contribution in [3.63, 3.8) is 0 Å². The lowest BCUT2D eigenvalue weighted by molar-refractivity contribution is -0.908. The van der Waals surface area contributed by atoms with Crippen molar-refractivity contribution < 1.29 is 19.2 Å². The van der Waals surface area contributed by atoms with Gasteiger partial charge in [0.05, 0.1) is 31.6 Å².